The standard InChI is InChI=1S/C22H22N6O3/c29-22(18-7-4-8-19(15-18)28(30)31)27-13-11-26(12-14-27)21-10-9-20(24-25-21)23-16-17-5-2-1-3-6-17/h1-10,15H,11-14,16H2,(H,23,24). The van der Waals surface area contributed by atoms with Gasteiger partial charge in [-0.05, 0) is 23.8 Å². The minimum Gasteiger partial charge on any atom is -0.365 e. The van der Waals surface area contributed by atoms with E-state index in [2.05, 4.69) is 20.4 Å². The highest BCUT2D eigenvalue weighted by atomic mass is 16.6. The number of rotatable bonds is 6. The van der Waals surface area contributed by atoms with Gasteiger partial charge in [-0.15, -0.1) is 10.2 Å². The third kappa shape index (κ3) is 4.95. The van der Waals surface area contributed by atoms with Crippen LogP contribution in [0.4, 0.5) is 17.3 Å². The Morgan fingerprint density at radius 2 is 1.74 bits per heavy atom. The number of amides is 1. The Kier molecular flexibility index (Phi) is 6.02. The van der Waals surface area contributed by atoms with E-state index in [0.29, 0.717) is 44.1 Å². The molecule has 0 radical (unpaired) electrons. The lowest BCUT2D eigenvalue weighted by molar-refractivity contribution is -0.384. The van der Waals surface area contributed by atoms with Gasteiger partial charge >= 0.3 is 0 Å². The molecule has 158 valence electrons. The number of aromatic nitrogens is 2. The molecule has 1 aromatic heterocycles. The molecule has 1 amide bonds. The molecule has 1 fully saturated rings. The zero-order valence-electron chi connectivity index (χ0n) is 16.8. The Labute approximate surface area is 179 Å². The van der Waals surface area contributed by atoms with Crippen molar-refractivity contribution in [3.05, 3.63) is 88.0 Å². The first-order chi connectivity index (χ1) is 15.1. The van der Waals surface area contributed by atoms with E-state index in [-0.39, 0.29) is 11.6 Å². The van der Waals surface area contributed by atoms with Crippen LogP contribution in [0, 0.1) is 10.1 Å². The van der Waals surface area contributed by atoms with Crippen molar-refractivity contribution in [2.24, 2.45) is 0 Å². The minimum atomic E-state index is -0.494. The molecule has 9 nitrogen and oxygen atoms in total. The third-order valence-electron chi connectivity index (χ3n) is 5.16. The lowest BCUT2D eigenvalue weighted by atomic mass is 10.1. The van der Waals surface area contributed by atoms with Crippen LogP contribution >= 0.6 is 0 Å². The van der Waals surface area contributed by atoms with E-state index in [9.17, 15) is 14.9 Å². The summed E-state index contributed by atoms with van der Waals surface area (Å²) < 4.78 is 0. The fourth-order valence-electron chi connectivity index (χ4n) is 3.45. The second kappa shape index (κ2) is 9.21. The maximum atomic E-state index is 12.7. The monoisotopic (exact) mass is 418 g/mol. The zero-order chi connectivity index (χ0) is 21.6. The summed E-state index contributed by atoms with van der Waals surface area (Å²) >= 11 is 0. The number of non-ortho nitro benzene ring substituents is 1. The maximum absolute atomic E-state index is 12.7. The Morgan fingerprint density at radius 1 is 0.968 bits per heavy atom. The molecule has 2 heterocycles. The number of benzene rings is 2. The van der Waals surface area contributed by atoms with E-state index in [1.54, 1.807) is 11.0 Å². The van der Waals surface area contributed by atoms with Gasteiger partial charge in [0.05, 0.1) is 4.92 Å². The van der Waals surface area contributed by atoms with Gasteiger partial charge in [-0.1, -0.05) is 36.4 Å². The summed E-state index contributed by atoms with van der Waals surface area (Å²) in [4.78, 5) is 26.9. The molecule has 0 unspecified atom stereocenters. The van der Waals surface area contributed by atoms with Crippen molar-refractivity contribution in [2.75, 3.05) is 36.4 Å². The first-order valence-corrected chi connectivity index (χ1v) is 10.0. The number of nitro benzene ring substituents is 1. The predicted octanol–water partition coefficient (Wildman–Crippen LogP) is 2.96. The quantitative estimate of drug-likeness (QED) is 0.485. The number of hydrogen-bond donors (Lipinski definition) is 1. The molecule has 1 aliphatic heterocycles. The fraction of sp³-hybridized carbons (Fsp3) is 0.227. The van der Waals surface area contributed by atoms with Crippen LogP contribution in [0.3, 0.4) is 0 Å². The van der Waals surface area contributed by atoms with Gasteiger partial charge in [-0.3, -0.25) is 14.9 Å². The van der Waals surface area contributed by atoms with Crippen molar-refractivity contribution in [3.8, 4) is 0 Å². The van der Waals surface area contributed by atoms with Crippen LogP contribution < -0.4 is 10.2 Å². The van der Waals surface area contributed by atoms with Gasteiger partial charge in [0.1, 0.15) is 5.82 Å². The molecule has 0 aliphatic carbocycles. The molecule has 1 aliphatic rings. The summed E-state index contributed by atoms with van der Waals surface area (Å²) in [6, 6.07) is 19.7. The SMILES string of the molecule is O=C(c1cccc([N+](=O)[O-])c1)N1CCN(c2ccc(NCc3ccccc3)nn2)CC1. The van der Waals surface area contributed by atoms with Crippen molar-refractivity contribution < 1.29 is 9.72 Å². The van der Waals surface area contributed by atoms with E-state index in [4.69, 9.17) is 0 Å². The number of piperazine rings is 1. The number of nitro groups is 1. The Balaban J connectivity index is 1.31. The Hall–Kier alpha value is -4.01. The molecule has 0 bridgehead atoms. The van der Waals surface area contributed by atoms with Gasteiger partial charge in [0.15, 0.2) is 5.82 Å². The highest BCUT2D eigenvalue weighted by Crippen LogP contribution is 2.18. The van der Waals surface area contributed by atoms with E-state index >= 15 is 0 Å². The van der Waals surface area contributed by atoms with Gasteiger partial charge in [0.25, 0.3) is 11.6 Å². The maximum Gasteiger partial charge on any atom is 0.270 e. The summed E-state index contributed by atoms with van der Waals surface area (Å²) in [7, 11) is 0. The number of carbonyl (C=O) groups excluding carboxylic acids is 1. The topological polar surface area (TPSA) is 104 Å². The van der Waals surface area contributed by atoms with Gasteiger partial charge in [0.2, 0.25) is 0 Å². The van der Waals surface area contributed by atoms with Crippen molar-refractivity contribution in [2.45, 2.75) is 6.54 Å². The first-order valence-electron chi connectivity index (χ1n) is 10.0. The summed E-state index contributed by atoms with van der Waals surface area (Å²) in [5.41, 5.74) is 1.41. The van der Waals surface area contributed by atoms with Gasteiger partial charge in [-0.25, -0.2) is 0 Å². The zero-order valence-corrected chi connectivity index (χ0v) is 16.8. The van der Waals surface area contributed by atoms with Crippen LogP contribution in [0.2, 0.25) is 0 Å². The molecule has 3 aromatic rings. The fourth-order valence-corrected chi connectivity index (χ4v) is 3.45. The molecule has 4 rings (SSSR count). The van der Waals surface area contributed by atoms with Crippen molar-refractivity contribution in [1.29, 1.82) is 0 Å². The van der Waals surface area contributed by atoms with Crippen molar-refractivity contribution in [1.82, 2.24) is 15.1 Å². The van der Waals surface area contributed by atoms with Crippen LogP contribution in [-0.2, 0) is 6.54 Å². The highest BCUT2D eigenvalue weighted by molar-refractivity contribution is 5.95. The molecular weight excluding hydrogens is 396 g/mol. The number of anilines is 2. The van der Waals surface area contributed by atoms with Crippen LogP contribution in [0.5, 0.6) is 0 Å². The minimum absolute atomic E-state index is 0.0827. The summed E-state index contributed by atoms with van der Waals surface area (Å²) in [6.07, 6.45) is 0. The van der Waals surface area contributed by atoms with E-state index in [0.717, 1.165) is 11.4 Å². The normalized spacial score (nSPS) is 13.7. The van der Waals surface area contributed by atoms with Crippen LogP contribution in [0.1, 0.15) is 15.9 Å². The van der Waals surface area contributed by atoms with Gasteiger partial charge in [0, 0.05) is 50.4 Å². The number of carbonyl (C=O) groups is 1. The lowest BCUT2D eigenvalue weighted by Crippen LogP contribution is -2.49. The average Bonchev–Trinajstić information content (AvgIpc) is 2.83. The molecule has 0 saturated carbocycles. The second-order valence-electron chi connectivity index (χ2n) is 7.20. The predicted molar refractivity (Wildman–Crippen MR) is 117 cm³/mol. The van der Waals surface area contributed by atoms with Crippen LogP contribution in [0.25, 0.3) is 0 Å². The Bertz CT molecular complexity index is 1050. The molecule has 0 atom stereocenters. The highest BCUT2D eigenvalue weighted by Gasteiger charge is 2.24. The van der Waals surface area contributed by atoms with Crippen LogP contribution in [-0.4, -0.2) is 52.1 Å². The summed E-state index contributed by atoms with van der Waals surface area (Å²) in [6.45, 7) is 2.93. The van der Waals surface area contributed by atoms with E-state index in [1.807, 2.05) is 42.5 Å². The first kappa shape index (κ1) is 20.3. The third-order valence-corrected chi connectivity index (χ3v) is 5.16. The summed E-state index contributed by atoms with van der Waals surface area (Å²) in [5.74, 6) is 1.26. The average molecular weight is 418 g/mol. The van der Waals surface area contributed by atoms with E-state index in [1.165, 1.54) is 18.2 Å². The lowest BCUT2D eigenvalue weighted by Gasteiger charge is -2.35. The molecule has 1 saturated heterocycles. The largest absolute Gasteiger partial charge is 0.365 e. The van der Waals surface area contributed by atoms with Crippen LogP contribution in [0.15, 0.2) is 66.7 Å². The smallest absolute Gasteiger partial charge is 0.270 e. The molecule has 2 aromatic carbocycles. The summed E-state index contributed by atoms with van der Waals surface area (Å²) in [5, 5.41) is 22.8. The number of nitrogens with one attached hydrogen (secondary N) is 1. The molecular formula is C22H22N6O3. The van der Waals surface area contributed by atoms with Gasteiger partial charge < -0.3 is 15.1 Å². The molecule has 31 heavy (non-hydrogen) atoms. The van der Waals surface area contributed by atoms with E-state index < -0.39 is 4.92 Å². The van der Waals surface area contributed by atoms with Gasteiger partial charge in [-0.2, -0.15) is 0 Å². The Morgan fingerprint density at radius 3 is 2.42 bits per heavy atom. The molecule has 9 heteroatoms. The molecule has 1 N–H and O–H groups in total. The van der Waals surface area contributed by atoms with Crippen molar-refractivity contribution in [3.63, 3.8) is 0 Å². The van der Waals surface area contributed by atoms with Crippen molar-refractivity contribution >= 4 is 23.2 Å². The number of nitrogens with zero attached hydrogens (tertiary/aromatic N) is 5. The second-order valence-corrected chi connectivity index (χ2v) is 7.20. The number of hydrogen-bond acceptors (Lipinski definition) is 7. The molecule has 0 spiro atoms.